The number of hydrogen-bond donors (Lipinski definition) is 2. The third kappa shape index (κ3) is 2.84. The highest BCUT2D eigenvalue weighted by molar-refractivity contribution is 7.15. The Morgan fingerprint density at radius 1 is 1.53 bits per heavy atom. The van der Waals surface area contributed by atoms with Crippen molar-refractivity contribution in [2.75, 3.05) is 5.32 Å². The molecule has 2 rings (SSSR count). The highest BCUT2D eigenvalue weighted by Crippen LogP contribution is 2.28. The van der Waals surface area contributed by atoms with Crippen LogP contribution in [0.1, 0.15) is 43.9 Å². The molecule has 4 nitrogen and oxygen atoms in total. The summed E-state index contributed by atoms with van der Waals surface area (Å²) in [6.07, 6.45) is 7.59. The Balaban J connectivity index is 2.00. The van der Waals surface area contributed by atoms with Crippen LogP contribution in [0, 0.1) is 0 Å². The molecule has 0 bridgehead atoms. The first-order valence-corrected chi connectivity index (χ1v) is 7.01. The van der Waals surface area contributed by atoms with Crippen LogP contribution in [0.4, 0.5) is 5.13 Å². The number of carbonyl (C=O) groups is 1. The van der Waals surface area contributed by atoms with Crippen molar-refractivity contribution in [3.8, 4) is 0 Å². The number of nitrogens with zero attached hydrogens (tertiary/aromatic N) is 1. The van der Waals surface area contributed by atoms with Gasteiger partial charge in [-0.25, -0.2) is 4.98 Å². The van der Waals surface area contributed by atoms with Gasteiger partial charge < -0.3 is 11.1 Å². The second-order valence-electron chi connectivity index (χ2n) is 4.66. The fourth-order valence-electron chi connectivity index (χ4n) is 2.16. The first kappa shape index (κ1) is 12.5. The van der Waals surface area contributed by atoms with Crippen LogP contribution >= 0.6 is 11.3 Å². The van der Waals surface area contributed by atoms with Gasteiger partial charge in [-0.3, -0.25) is 4.79 Å². The van der Waals surface area contributed by atoms with Gasteiger partial charge in [-0.1, -0.05) is 26.2 Å². The third-order valence-electron chi connectivity index (χ3n) is 3.32. The summed E-state index contributed by atoms with van der Waals surface area (Å²) in [6, 6.07) is 0. The average Bonchev–Trinajstić information content (AvgIpc) is 2.78. The van der Waals surface area contributed by atoms with E-state index in [2.05, 4.69) is 17.2 Å². The molecule has 0 radical (unpaired) electrons. The van der Waals surface area contributed by atoms with Crippen LogP contribution in [0.5, 0.6) is 0 Å². The number of rotatable bonds is 3. The Kier molecular flexibility index (Phi) is 3.79. The van der Waals surface area contributed by atoms with Gasteiger partial charge in [0.1, 0.15) is 0 Å². The smallest absolute Gasteiger partial charge is 0.246 e. The number of amides is 1. The quantitative estimate of drug-likeness (QED) is 0.868. The molecular formula is C12H19N3OS. The fourth-order valence-corrected chi connectivity index (χ4v) is 2.91. The van der Waals surface area contributed by atoms with Gasteiger partial charge in [-0.2, -0.15) is 0 Å². The van der Waals surface area contributed by atoms with Gasteiger partial charge in [0.05, 0.1) is 5.54 Å². The van der Waals surface area contributed by atoms with E-state index < -0.39 is 5.54 Å². The Hall–Kier alpha value is -0.940. The molecule has 1 aromatic rings. The molecule has 1 aliphatic rings. The van der Waals surface area contributed by atoms with Crippen molar-refractivity contribution in [1.29, 1.82) is 0 Å². The summed E-state index contributed by atoms with van der Waals surface area (Å²) in [4.78, 5) is 17.5. The van der Waals surface area contributed by atoms with Gasteiger partial charge in [-0.15, -0.1) is 11.3 Å². The highest BCUT2D eigenvalue weighted by atomic mass is 32.1. The second-order valence-corrected chi connectivity index (χ2v) is 5.77. The van der Waals surface area contributed by atoms with E-state index in [0.717, 1.165) is 32.1 Å². The Morgan fingerprint density at radius 2 is 2.24 bits per heavy atom. The van der Waals surface area contributed by atoms with Gasteiger partial charge in [0.25, 0.3) is 0 Å². The molecule has 94 valence electrons. The number of thiazole rings is 1. The molecule has 1 fully saturated rings. The van der Waals surface area contributed by atoms with Gasteiger partial charge in [-0.05, 0) is 19.3 Å². The molecule has 1 aliphatic carbocycles. The fraction of sp³-hybridized carbons (Fsp3) is 0.667. The molecule has 0 saturated heterocycles. The van der Waals surface area contributed by atoms with Crippen LogP contribution in [-0.2, 0) is 11.2 Å². The van der Waals surface area contributed by atoms with Crippen LogP contribution < -0.4 is 11.1 Å². The number of nitrogens with one attached hydrogen (secondary N) is 1. The minimum atomic E-state index is -0.684. The normalized spacial score (nSPS) is 18.9. The molecule has 17 heavy (non-hydrogen) atoms. The van der Waals surface area contributed by atoms with Gasteiger partial charge in [0.2, 0.25) is 5.91 Å². The SMILES string of the molecule is CCc1cnc(NC(=O)C2(N)CCCCC2)s1. The standard InChI is InChI=1S/C12H19N3OS/c1-2-9-8-14-11(17-9)15-10(16)12(13)6-4-3-5-7-12/h8H,2-7,13H2,1H3,(H,14,15,16). The van der Waals surface area contributed by atoms with Crippen LogP contribution in [0.25, 0.3) is 0 Å². The van der Waals surface area contributed by atoms with E-state index in [1.54, 1.807) is 0 Å². The number of anilines is 1. The molecule has 1 heterocycles. The molecule has 0 spiro atoms. The van der Waals surface area contributed by atoms with Crippen molar-refractivity contribution in [3.63, 3.8) is 0 Å². The minimum absolute atomic E-state index is 0.0748. The van der Waals surface area contributed by atoms with Crippen LogP contribution in [0.2, 0.25) is 0 Å². The predicted molar refractivity (Wildman–Crippen MR) is 70.1 cm³/mol. The molecular weight excluding hydrogens is 234 g/mol. The van der Waals surface area contributed by atoms with Crippen molar-refractivity contribution in [1.82, 2.24) is 4.98 Å². The van der Waals surface area contributed by atoms with Crippen molar-refractivity contribution in [3.05, 3.63) is 11.1 Å². The Morgan fingerprint density at radius 3 is 2.82 bits per heavy atom. The zero-order valence-electron chi connectivity index (χ0n) is 10.2. The summed E-state index contributed by atoms with van der Waals surface area (Å²) in [5, 5.41) is 3.52. The summed E-state index contributed by atoms with van der Waals surface area (Å²) in [6.45, 7) is 2.07. The first-order valence-electron chi connectivity index (χ1n) is 6.19. The van der Waals surface area contributed by atoms with Crippen LogP contribution in [0.15, 0.2) is 6.20 Å². The third-order valence-corrected chi connectivity index (χ3v) is 4.38. The maximum absolute atomic E-state index is 12.1. The summed E-state index contributed by atoms with van der Waals surface area (Å²) in [5.74, 6) is -0.0748. The predicted octanol–water partition coefficient (Wildman–Crippen LogP) is 2.31. The van der Waals surface area contributed by atoms with E-state index in [-0.39, 0.29) is 5.91 Å². The lowest BCUT2D eigenvalue weighted by Crippen LogP contribution is -2.52. The summed E-state index contributed by atoms with van der Waals surface area (Å²) in [5.41, 5.74) is 5.47. The topological polar surface area (TPSA) is 68.0 Å². The first-order chi connectivity index (χ1) is 8.14. The molecule has 0 unspecified atom stereocenters. The van der Waals surface area contributed by atoms with E-state index in [1.165, 1.54) is 22.6 Å². The van der Waals surface area contributed by atoms with Gasteiger partial charge >= 0.3 is 0 Å². The van der Waals surface area contributed by atoms with Crippen molar-refractivity contribution in [2.45, 2.75) is 51.0 Å². The number of hydrogen-bond acceptors (Lipinski definition) is 4. The van der Waals surface area contributed by atoms with E-state index >= 15 is 0 Å². The maximum Gasteiger partial charge on any atom is 0.246 e. The number of aromatic nitrogens is 1. The molecule has 0 aliphatic heterocycles. The lowest BCUT2D eigenvalue weighted by molar-refractivity contribution is -0.122. The molecule has 0 aromatic carbocycles. The zero-order valence-corrected chi connectivity index (χ0v) is 11.0. The molecule has 0 atom stereocenters. The van der Waals surface area contributed by atoms with Crippen molar-refractivity contribution < 1.29 is 4.79 Å². The van der Waals surface area contributed by atoms with Crippen molar-refractivity contribution >= 4 is 22.4 Å². The van der Waals surface area contributed by atoms with E-state index in [9.17, 15) is 4.79 Å². The largest absolute Gasteiger partial charge is 0.317 e. The summed E-state index contributed by atoms with van der Waals surface area (Å²) in [7, 11) is 0. The van der Waals surface area contributed by atoms with Crippen molar-refractivity contribution in [2.24, 2.45) is 5.73 Å². The number of nitrogens with two attached hydrogens (primary N) is 1. The summed E-state index contributed by atoms with van der Waals surface area (Å²) >= 11 is 1.53. The molecule has 1 aromatic heterocycles. The Bertz CT molecular complexity index is 396. The maximum atomic E-state index is 12.1. The van der Waals surface area contributed by atoms with E-state index in [1.807, 2.05) is 6.20 Å². The monoisotopic (exact) mass is 253 g/mol. The zero-order chi connectivity index (χ0) is 12.3. The van der Waals surface area contributed by atoms with Crippen LogP contribution in [0.3, 0.4) is 0 Å². The van der Waals surface area contributed by atoms with E-state index in [0.29, 0.717) is 5.13 Å². The lowest BCUT2D eigenvalue weighted by Gasteiger charge is -2.31. The van der Waals surface area contributed by atoms with Gasteiger partial charge in [0.15, 0.2) is 5.13 Å². The second kappa shape index (κ2) is 5.14. The molecule has 1 saturated carbocycles. The summed E-state index contributed by atoms with van der Waals surface area (Å²) < 4.78 is 0. The van der Waals surface area contributed by atoms with Crippen LogP contribution in [-0.4, -0.2) is 16.4 Å². The Labute approximate surface area is 106 Å². The average molecular weight is 253 g/mol. The molecule has 5 heteroatoms. The number of aryl methyl sites for hydroxylation is 1. The number of carbonyl (C=O) groups excluding carboxylic acids is 1. The lowest BCUT2D eigenvalue weighted by atomic mass is 9.82. The molecule has 1 amide bonds. The molecule has 3 N–H and O–H groups in total. The highest BCUT2D eigenvalue weighted by Gasteiger charge is 2.35. The van der Waals surface area contributed by atoms with Gasteiger partial charge in [0, 0.05) is 11.1 Å². The minimum Gasteiger partial charge on any atom is -0.317 e. The van der Waals surface area contributed by atoms with E-state index in [4.69, 9.17) is 5.73 Å².